The Morgan fingerprint density at radius 2 is 2.00 bits per heavy atom. The highest BCUT2D eigenvalue weighted by molar-refractivity contribution is 5.94. The van der Waals surface area contributed by atoms with Gasteiger partial charge in [0.2, 0.25) is 0 Å². The average molecular weight is 325 g/mol. The van der Waals surface area contributed by atoms with E-state index in [0.29, 0.717) is 17.9 Å². The van der Waals surface area contributed by atoms with E-state index in [1.54, 1.807) is 23.1 Å². The van der Waals surface area contributed by atoms with Crippen molar-refractivity contribution in [1.82, 2.24) is 0 Å². The van der Waals surface area contributed by atoms with Gasteiger partial charge >= 0.3 is 6.09 Å². The van der Waals surface area contributed by atoms with E-state index in [2.05, 4.69) is 0 Å². The molecule has 3 rings (SSSR count). The number of anilines is 1. The maximum atomic E-state index is 12.0. The number of carbonyl (C=O) groups excluding carboxylic acids is 2. The van der Waals surface area contributed by atoms with Crippen molar-refractivity contribution in [2.45, 2.75) is 20.0 Å². The van der Waals surface area contributed by atoms with Crippen molar-refractivity contribution in [3.63, 3.8) is 0 Å². The fourth-order valence-corrected chi connectivity index (χ4v) is 2.64. The first-order valence-corrected chi connectivity index (χ1v) is 7.82. The quantitative estimate of drug-likeness (QED) is 0.788. The van der Waals surface area contributed by atoms with Crippen LogP contribution in [0.2, 0.25) is 0 Å². The molecular weight excluding hydrogens is 306 g/mol. The maximum absolute atomic E-state index is 12.0. The number of para-hydroxylation sites is 1. The summed E-state index contributed by atoms with van der Waals surface area (Å²) in [6.45, 7) is 4.15. The molecule has 0 aliphatic carbocycles. The van der Waals surface area contributed by atoms with Crippen molar-refractivity contribution < 1.29 is 19.1 Å². The molecule has 124 valence electrons. The van der Waals surface area contributed by atoms with Gasteiger partial charge in [0.15, 0.2) is 11.9 Å². The molecule has 0 aromatic heterocycles. The average Bonchev–Trinajstić information content (AvgIpc) is 2.95. The van der Waals surface area contributed by atoms with Gasteiger partial charge < -0.3 is 9.47 Å². The van der Waals surface area contributed by atoms with Crippen LogP contribution in [-0.2, 0) is 4.74 Å². The van der Waals surface area contributed by atoms with E-state index >= 15 is 0 Å². The number of hydrogen-bond donors (Lipinski definition) is 0. The zero-order valence-electron chi connectivity index (χ0n) is 13.7. The van der Waals surface area contributed by atoms with E-state index in [1.807, 2.05) is 37.3 Å². The summed E-state index contributed by atoms with van der Waals surface area (Å²) in [5.74, 6) is 0.710. The van der Waals surface area contributed by atoms with E-state index in [1.165, 1.54) is 6.92 Å². The van der Waals surface area contributed by atoms with Gasteiger partial charge in [-0.2, -0.15) is 0 Å². The minimum atomic E-state index is -0.363. The van der Waals surface area contributed by atoms with Crippen LogP contribution in [0.15, 0.2) is 48.5 Å². The number of Topliss-reactive ketones (excluding diaryl/α,β-unsaturated/α-hetero) is 1. The number of carbonyl (C=O) groups is 2. The van der Waals surface area contributed by atoms with Crippen LogP contribution >= 0.6 is 0 Å². The molecule has 2 aromatic carbocycles. The molecular formula is C19H19NO4. The van der Waals surface area contributed by atoms with Gasteiger partial charge in [-0.15, -0.1) is 0 Å². The number of aryl methyl sites for hydroxylation is 1. The highest BCUT2D eigenvalue weighted by Crippen LogP contribution is 2.23. The number of nitrogens with zero attached hydrogens (tertiary/aromatic N) is 1. The SMILES string of the molecule is CC(=O)c1ccc(OCC2CN(c3ccccc3)C(=O)O2)c(C)c1. The van der Waals surface area contributed by atoms with Crippen molar-refractivity contribution >= 4 is 17.6 Å². The van der Waals surface area contributed by atoms with Gasteiger partial charge in [-0.1, -0.05) is 18.2 Å². The third-order valence-corrected chi connectivity index (χ3v) is 3.95. The van der Waals surface area contributed by atoms with Crippen LogP contribution in [0.25, 0.3) is 0 Å². The molecule has 0 bridgehead atoms. The number of ether oxygens (including phenoxy) is 2. The van der Waals surface area contributed by atoms with Crippen LogP contribution in [0.1, 0.15) is 22.8 Å². The van der Waals surface area contributed by atoms with E-state index in [0.717, 1.165) is 11.3 Å². The van der Waals surface area contributed by atoms with Gasteiger partial charge in [0.1, 0.15) is 12.4 Å². The highest BCUT2D eigenvalue weighted by atomic mass is 16.6. The van der Waals surface area contributed by atoms with Crippen LogP contribution in [-0.4, -0.2) is 31.1 Å². The Hall–Kier alpha value is -2.82. The van der Waals surface area contributed by atoms with Crippen molar-refractivity contribution in [3.05, 3.63) is 59.7 Å². The molecule has 0 spiro atoms. The smallest absolute Gasteiger partial charge is 0.414 e. The lowest BCUT2D eigenvalue weighted by molar-refractivity contribution is 0.101. The minimum Gasteiger partial charge on any atom is -0.489 e. The number of cyclic esters (lactones) is 1. The Balaban J connectivity index is 1.62. The minimum absolute atomic E-state index is 0.0212. The summed E-state index contributed by atoms with van der Waals surface area (Å²) >= 11 is 0. The normalized spacial score (nSPS) is 16.8. The molecule has 1 aliphatic rings. The zero-order valence-corrected chi connectivity index (χ0v) is 13.7. The number of benzene rings is 2. The van der Waals surface area contributed by atoms with Crippen LogP contribution in [0.3, 0.4) is 0 Å². The molecule has 1 unspecified atom stereocenters. The molecule has 1 heterocycles. The monoisotopic (exact) mass is 325 g/mol. The first-order chi connectivity index (χ1) is 11.5. The molecule has 24 heavy (non-hydrogen) atoms. The van der Waals surface area contributed by atoms with Crippen molar-refractivity contribution in [3.8, 4) is 5.75 Å². The van der Waals surface area contributed by atoms with E-state index in [4.69, 9.17) is 9.47 Å². The predicted molar refractivity (Wildman–Crippen MR) is 90.7 cm³/mol. The van der Waals surface area contributed by atoms with Crippen LogP contribution < -0.4 is 9.64 Å². The third kappa shape index (κ3) is 3.40. The molecule has 5 heteroatoms. The van der Waals surface area contributed by atoms with Gasteiger partial charge in [0.05, 0.1) is 6.54 Å². The number of ketones is 1. The van der Waals surface area contributed by atoms with Gasteiger partial charge in [-0.25, -0.2) is 4.79 Å². The Kier molecular flexibility index (Phi) is 4.51. The van der Waals surface area contributed by atoms with Crippen LogP contribution in [0.4, 0.5) is 10.5 Å². The Labute approximate surface area is 140 Å². The van der Waals surface area contributed by atoms with Crippen LogP contribution in [0.5, 0.6) is 5.75 Å². The molecule has 1 fully saturated rings. The summed E-state index contributed by atoms with van der Waals surface area (Å²) in [7, 11) is 0. The first kappa shape index (κ1) is 16.1. The summed E-state index contributed by atoms with van der Waals surface area (Å²) in [5, 5.41) is 0. The lowest BCUT2D eigenvalue weighted by Gasteiger charge is -2.14. The number of rotatable bonds is 5. The zero-order chi connectivity index (χ0) is 17.1. The molecule has 2 aromatic rings. The van der Waals surface area contributed by atoms with Crippen molar-refractivity contribution in [1.29, 1.82) is 0 Å². The van der Waals surface area contributed by atoms with Gasteiger partial charge in [0.25, 0.3) is 0 Å². The second-order valence-electron chi connectivity index (χ2n) is 5.80. The Bertz CT molecular complexity index is 757. The van der Waals surface area contributed by atoms with Crippen LogP contribution in [0, 0.1) is 6.92 Å². The summed E-state index contributed by atoms with van der Waals surface area (Å²) in [4.78, 5) is 25.0. The second kappa shape index (κ2) is 6.74. The summed E-state index contributed by atoms with van der Waals surface area (Å²) < 4.78 is 11.1. The highest BCUT2D eigenvalue weighted by Gasteiger charge is 2.32. The lowest BCUT2D eigenvalue weighted by atomic mass is 10.1. The fourth-order valence-electron chi connectivity index (χ4n) is 2.64. The molecule has 0 radical (unpaired) electrons. The molecule has 5 nitrogen and oxygen atoms in total. The standard InChI is InChI=1S/C19H19NO4/c1-13-10-15(14(2)21)8-9-18(13)23-12-17-11-20(19(22)24-17)16-6-4-3-5-7-16/h3-10,17H,11-12H2,1-2H3. The topological polar surface area (TPSA) is 55.8 Å². The summed E-state index contributed by atoms with van der Waals surface area (Å²) in [6.07, 6.45) is -0.692. The van der Waals surface area contributed by atoms with E-state index < -0.39 is 0 Å². The summed E-state index contributed by atoms with van der Waals surface area (Å²) in [5.41, 5.74) is 2.35. The molecule has 1 amide bonds. The largest absolute Gasteiger partial charge is 0.489 e. The van der Waals surface area contributed by atoms with Gasteiger partial charge in [-0.05, 0) is 49.7 Å². The van der Waals surface area contributed by atoms with Crippen molar-refractivity contribution in [2.24, 2.45) is 0 Å². The lowest BCUT2D eigenvalue weighted by Crippen LogP contribution is -2.26. The van der Waals surface area contributed by atoms with Gasteiger partial charge in [0, 0.05) is 11.3 Å². The molecule has 0 saturated carbocycles. The van der Waals surface area contributed by atoms with E-state index in [-0.39, 0.29) is 24.6 Å². The van der Waals surface area contributed by atoms with Crippen molar-refractivity contribution in [2.75, 3.05) is 18.1 Å². The Morgan fingerprint density at radius 1 is 1.25 bits per heavy atom. The molecule has 1 saturated heterocycles. The predicted octanol–water partition coefficient (Wildman–Crippen LogP) is 3.60. The Morgan fingerprint density at radius 3 is 2.67 bits per heavy atom. The number of hydrogen-bond acceptors (Lipinski definition) is 4. The van der Waals surface area contributed by atoms with E-state index in [9.17, 15) is 9.59 Å². The maximum Gasteiger partial charge on any atom is 0.414 e. The third-order valence-electron chi connectivity index (χ3n) is 3.95. The fraction of sp³-hybridized carbons (Fsp3) is 0.263. The molecule has 1 aliphatic heterocycles. The second-order valence-corrected chi connectivity index (χ2v) is 5.80. The first-order valence-electron chi connectivity index (χ1n) is 7.82. The van der Waals surface area contributed by atoms with Gasteiger partial charge in [-0.3, -0.25) is 9.69 Å². The molecule has 0 N–H and O–H groups in total. The number of amides is 1. The molecule has 1 atom stereocenters. The summed E-state index contributed by atoms with van der Waals surface area (Å²) in [6, 6.07) is 14.7.